The number of carbonyl (C=O) groups is 5. The maximum atomic E-state index is 13.5. The molecule has 5 fully saturated rings. The summed E-state index contributed by atoms with van der Waals surface area (Å²) < 4.78 is 33.8. The third-order valence-electron chi connectivity index (χ3n) is 12.3. The third kappa shape index (κ3) is 6.69. The van der Waals surface area contributed by atoms with Crippen molar-refractivity contribution in [2.75, 3.05) is 6.61 Å². The van der Waals surface area contributed by atoms with Crippen LogP contribution in [0.4, 0.5) is 0 Å². The molecule has 12 nitrogen and oxygen atoms in total. The number of hydrogen-bond donors (Lipinski definition) is 1. The summed E-state index contributed by atoms with van der Waals surface area (Å²) in [5.74, 6) is -1.29. The van der Waals surface area contributed by atoms with E-state index in [0.29, 0.717) is 36.2 Å². The lowest BCUT2D eigenvalue weighted by molar-refractivity contribution is -0.297. The van der Waals surface area contributed by atoms with E-state index in [1.165, 1.54) is 13.2 Å². The Morgan fingerprint density at radius 3 is 2.09 bits per heavy atom. The number of hydrogen-bond acceptors (Lipinski definition) is 12. The van der Waals surface area contributed by atoms with Gasteiger partial charge in [-0.25, -0.2) is 0 Å². The summed E-state index contributed by atoms with van der Waals surface area (Å²) in [4.78, 5) is 61.6. The van der Waals surface area contributed by atoms with Gasteiger partial charge in [-0.3, -0.25) is 24.0 Å². The number of allylic oxidation sites excluding steroid dienone is 1. The molecule has 1 N–H and O–H groups in total. The zero-order valence-electron chi connectivity index (χ0n) is 28.6. The van der Waals surface area contributed by atoms with Crippen LogP contribution in [0.25, 0.3) is 0 Å². The first-order valence-electron chi connectivity index (χ1n) is 16.9. The Hall–Kier alpha value is -2.99. The molecule has 0 spiro atoms. The number of rotatable bonds is 7. The molecular formula is C35H50O12. The molecule has 0 radical (unpaired) electrons. The molecule has 1 aliphatic heterocycles. The van der Waals surface area contributed by atoms with Gasteiger partial charge < -0.3 is 33.5 Å². The molecule has 12 unspecified atom stereocenters. The molecule has 5 aliphatic rings. The Labute approximate surface area is 276 Å². The summed E-state index contributed by atoms with van der Waals surface area (Å²) in [5, 5.41) is 11.3. The molecule has 12 atom stereocenters. The lowest BCUT2D eigenvalue weighted by Gasteiger charge is -2.61. The SMILES string of the molecule is CC(=O)OCC1OC(O/C=C2/CC3(C)C(CCC4C3CCC3(C)C4CCC3(C)O)CC2=O)C(OC(C)=O)C(OC(C)=O)C1OC(C)=O. The van der Waals surface area contributed by atoms with E-state index in [0.717, 1.165) is 59.3 Å². The van der Waals surface area contributed by atoms with Crippen LogP contribution in [0.1, 0.15) is 99.8 Å². The zero-order chi connectivity index (χ0) is 34.5. The Morgan fingerprint density at radius 2 is 1.45 bits per heavy atom. The smallest absolute Gasteiger partial charge is 0.303 e. The molecule has 0 aromatic carbocycles. The van der Waals surface area contributed by atoms with Gasteiger partial charge >= 0.3 is 23.9 Å². The van der Waals surface area contributed by atoms with Crippen molar-refractivity contribution in [2.45, 2.75) is 136 Å². The van der Waals surface area contributed by atoms with Crippen molar-refractivity contribution in [2.24, 2.45) is 34.5 Å². The van der Waals surface area contributed by atoms with E-state index in [9.17, 15) is 29.1 Å². The van der Waals surface area contributed by atoms with E-state index >= 15 is 0 Å². The van der Waals surface area contributed by atoms with Crippen molar-refractivity contribution in [3.8, 4) is 0 Å². The normalized spacial score (nSPS) is 43.5. The molecule has 0 amide bonds. The van der Waals surface area contributed by atoms with E-state index in [-0.39, 0.29) is 29.1 Å². The maximum Gasteiger partial charge on any atom is 0.303 e. The molecule has 262 valence electrons. The number of ether oxygens (including phenoxy) is 6. The van der Waals surface area contributed by atoms with Crippen LogP contribution in [0.15, 0.2) is 11.8 Å². The summed E-state index contributed by atoms with van der Waals surface area (Å²) in [6.07, 6.45) is 1.48. The summed E-state index contributed by atoms with van der Waals surface area (Å²) in [6, 6.07) is 0. The average Bonchev–Trinajstić information content (AvgIpc) is 3.21. The summed E-state index contributed by atoms with van der Waals surface area (Å²) in [6.45, 7) is 10.8. The Balaban J connectivity index is 1.42. The Morgan fingerprint density at radius 1 is 0.830 bits per heavy atom. The number of carbonyl (C=O) groups excluding carboxylic acids is 5. The maximum absolute atomic E-state index is 13.5. The fourth-order valence-electron chi connectivity index (χ4n) is 9.81. The molecule has 0 bridgehead atoms. The monoisotopic (exact) mass is 662 g/mol. The highest BCUT2D eigenvalue weighted by atomic mass is 16.7. The summed E-state index contributed by atoms with van der Waals surface area (Å²) in [7, 11) is 0. The highest BCUT2D eigenvalue weighted by molar-refractivity contribution is 5.96. The molecule has 1 saturated heterocycles. The van der Waals surface area contributed by atoms with Crippen LogP contribution >= 0.6 is 0 Å². The van der Waals surface area contributed by atoms with Gasteiger partial charge in [0.25, 0.3) is 0 Å². The van der Waals surface area contributed by atoms with Gasteiger partial charge in [-0.2, -0.15) is 0 Å². The molecule has 5 rings (SSSR count). The second kappa shape index (κ2) is 13.1. The first-order chi connectivity index (χ1) is 22.0. The molecule has 4 saturated carbocycles. The van der Waals surface area contributed by atoms with Crippen LogP contribution < -0.4 is 0 Å². The highest BCUT2D eigenvalue weighted by Gasteiger charge is 2.63. The van der Waals surface area contributed by atoms with Gasteiger partial charge in [-0.05, 0) is 86.4 Å². The molecule has 12 heteroatoms. The largest absolute Gasteiger partial charge is 0.468 e. The topological polar surface area (TPSA) is 161 Å². The van der Waals surface area contributed by atoms with Crippen molar-refractivity contribution >= 4 is 29.7 Å². The molecule has 0 aromatic heterocycles. The van der Waals surface area contributed by atoms with Gasteiger partial charge in [0, 0.05) is 39.7 Å². The first-order valence-corrected chi connectivity index (χ1v) is 16.9. The van der Waals surface area contributed by atoms with Crippen LogP contribution in [0, 0.1) is 34.5 Å². The minimum absolute atomic E-state index is 0.0268. The van der Waals surface area contributed by atoms with Crippen LogP contribution in [0.2, 0.25) is 0 Å². The zero-order valence-corrected chi connectivity index (χ0v) is 28.6. The number of ketones is 1. The predicted octanol–water partition coefficient (Wildman–Crippen LogP) is 3.94. The van der Waals surface area contributed by atoms with Crippen LogP contribution in [-0.2, 0) is 52.4 Å². The lowest BCUT2D eigenvalue weighted by Crippen LogP contribution is -2.62. The molecule has 47 heavy (non-hydrogen) atoms. The number of Topliss-reactive ketones (excluding diaryl/α,β-unsaturated/α-hetero) is 1. The fourth-order valence-corrected chi connectivity index (χ4v) is 9.81. The van der Waals surface area contributed by atoms with E-state index in [1.807, 2.05) is 6.92 Å². The third-order valence-corrected chi connectivity index (χ3v) is 12.3. The standard InChI is InChI=1S/C35H50O12/c1-18(36)42-17-28-29(44-19(2)37)30(45-20(3)38)31(46-21(4)39)32(47-28)43-16-22-15-33(5)23(14-27(22)40)8-9-24-25(33)10-12-34(6)26(24)11-13-35(34,7)41/h16,23-26,28-32,41H,8-15,17H2,1-7H3/b22-16-. The predicted molar refractivity (Wildman–Crippen MR) is 164 cm³/mol. The van der Waals surface area contributed by atoms with Gasteiger partial charge in [-0.15, -0.1) is 0 Å². The van der Waals surface area contributed by atoms with Crippen molar-refractivity contribution in [1.29, 1.82) is 0 Å². The van der Waals surface area contributed by atoms with Gasteiger partial charge in [0.05, 0.1) is 11.9 Å². The van der Waals surface area contributed by atoms with Gasteiger partial charge in [0.15, 0.2) is 18.0 Å². The number of fused-ring (bicyclic) bond motifs is 5. The van der Waals surface area contributed by atoms with Crippen LogP contribution in [0.5, 0.6) is 0 Å². The van der Waals surface area contributed by atoms with Crippen LogP contribution in [-0.4, -0.2) is 77.7 Å². The van der Waals surface area contributed by atoms with Crippen molar-refractivity contribution < 1.29 is 57.5 Å². The van der Waals surface area contributed by atoms with Crippen molar-refractivity contribution in [1.82, 2.24) is 0 Å². The molecule has 0 aromatic rings. The first kappa shape index (κ1) is 35.3. The van der Waals surface area contributed by atoms with Gasteiger partial charge in [-0.1, -0.05) is 13.8 Å². The fraction of sp³-hybridized carbons (Fsp3) is 0.800. The minimum atomic E-state index is -1.39. The summed E-state index contributed by atoms with van der Waals surface area (Å²) in [5.41, 5.74) is -0.447. The van der Waals surface area contributed by atoms with Gasteiger partial charge in [0.2, 0.25) is 12.4 Å². The second-order valence-corrected chi connectivity index (χ2v) is 15.1. The number of esters is 4. The lowest BCUT2D eigenvalue weighted by atomic mass is 9.44. The Kier molecular flexibility index (Phi) is 9.87. The number of aliphatic hydroxyl groups is 1. The molecular weight excluding hydrogens is 612 g/mol. The van der Waals surface area contributed by atoms with E-state index < -0.39 is 60.2 Å². The van der Waals surface area contributed by atoms with Crippen molar-refractivity contribution in [3.63, 3.8) is 0 Å². The molecule has 4 aliphatic carbocycles. The van der Waals surface area contributed by atoms with E-state index in [2.05, 4.69) is 13.8 Å². The molecule has 1 heterocycles. The summed E-state index contributed by atoms with van der Waals surface area (Å²) >= 11 is 0. The van der Waals surface area contributed by atoms with E-state index in [1.54, 1.807) is 0 Å². The highest BCUT2D eigenvalue weighted by Crippen LogP contribution is 2.68. The second-order valence-electron chi connectivity index (χ2n) is 15.1. The van der Waals surface area contributed by atoms with Crippen LogP contribution in [0.3, 0.4) is 0 Å². The average molecular weight is 663 g/mol. The Bertz CT molecular complexity index is 1310. The minimum Gasteiger partial charge on any atom is -0.468 e. The van der Waals surface area contributed by atoms with Gasteiger partial charge in [0.1, 0.15) is 12.7 Å². The van der Waals surface area contributed by atoms with E-state index in [4.69, 9.17) is 28.4 Å². The quantitative estimate of drug-likeness (QED) is 0.181. The van der Waals surface area contributed by atoms with Crippen molar-refractivity contribution in [3.05, 3.63) is 11.8 Å².